The molecule has 2 heterocycles. The lowest BCUT2D eigenvalue weighted by atomic mass is 10.1. The van der Waals surface area contributed by atoms with Crippen molar-refractivity contribution in [1.82, 2.24) is 15.1 Å². The smallest absolute Gasteiger partial charge is 0.253 e. The van der Waals surface area contributed by atoms with E-state index in [0.717, 1.165) is 22.4 Å². The fourth-order valence-corrected chi connectivity index (χ4v) is 3.75. The molecule has 1 aliphatic heterocycles. The van der Waals surface area contributed by atoms with E-state index in [1.165, 1.54) is 0 Å². The summed E-state index contributed by atoms with van der Waals surface area (Å²) < 4.78 is 17.5. The van der Waals surface area contributed by atoms with Gasteiger partial charge >= 0.3 is 0 Å². The molecule has 0 radical (unpaired) electrons. The van der Waals surface area contributed by atoms with E-state index in [9.17, 15) is 4.79 Å². The van der Waals surface area contributed by atoms with E-state index in [2.05, 4.69) is 10.2 Å². The molecule has 0 fully saturated rings. The number of carbonyl (C=O) groups is 1. The van der Waals surface area contributed by atoms with Crippen molar-refractivity contribution in [3.8, 4) is 34.4 Å². The van der Waals surface area contributed by atoms with Gasteiger partial charge in [0, 0.05) is 23.7 Å². The predicted octanol–water partition coefficient (Wildman–Crippen LogP) is 4.62. The first-order valence-corrected chi connectivity index (χ1v) is 10.7. The van der Waals surface area contributed by atoms with Gasteiger partial charge in [-0.1, -0.05) is 29.8 Å². The van der Waals surface area contributed by atoms with Crippen LogP contribution in [-0.2, 0) is 0 Å². The summed E-state index contributed by atoms with van der Waals surface area (Å²) in [7, 11) is 1.76. The first-order valence-electron chi connectivity index (χ1n) is 10.7. The maximum atomic E-state index is 12.9. The number of hydrogen-bond acceptors (Lipinski definition) is 6. The van der Waals surface area contributed by atoms with Crippen LogP contribution in [0.25, 0.3) is 22.9 Å². The lowest BCUT2D eigenvalue weighted by Crippen LogP contribution is -2.41. The first-order chi connectivity index (χ1) is 16.1. The topological polar surface area (TPSA) is 77.7 Å². The van der Waals surface area contributed by atoms with E-state index in [1.807, 2.05) is 67.6 Å². The van der Waals surface area contributed by atoms with E-state index in [4.69, 9.17) is 13.9 Å². The quantitative estimate of drug-likeness (QED) is 0.450. The highest BCUT2D eigenvalue weighted by Gasteiger charge is 2.24. The number of aromatic nitrogens is 2. The number of nitrogens with zero attached hydrogens (tertiary/aromatic N) is 3. The molecule has 0 bridgehead atoms. The van der Waals surface area contributed by atoms with Crippen molar-refractivity contribution in [2.45, 2.75) is 13.0 Å². The first kappa shape index (κ1) is 20.8. The number of benzene rings is 3. The van der Waals surface area contributed by atoms with Gasteiger partial charge in [-0.25, -0.2) is 0 Å². The number of likely N-dealkylation sites (N-methyl/N-ethyl adjacent to an activating group) is 1. The van der Waals surface area contributed by atoms with Crippen LogP contribution in [-0.4, -0.2) is 47.3 Å². The van der Waals surface area contributed by atoms with Crippen LogP contribution in [0.4, 0.5) is 0 Å². The zero-order valence-electron chi connectivity index (χ0n) is 18.4. The monoisotopic (exact) mass is 441 g/mol. The molecule has 0 unspecified atom stereocenters. The minimum absolute atomic E-state index is 0.102. The summed E-state index contributed by atoms with van der Waals surface area (Å²) in [5, 5.41) is 8.31. The fraction of sp³-hybridized carbons (Fsp3) is 0.192. The summed E-state index contributed by atoms with van der Waals surface area (Å²) in [4.78, 5) is 14.5. The zero-order valence-corrected chi connectivity index (χ0v) is 18.4. The van der Waals surface area contributed by atoms with Gasteiger partial charge in [-0.15, -0.1) is 10.2 Å². The van der Waals surface area contributed by atoms with Crippen LogP contribution >= 0.6 is 0 Å². The van der Waals surface area contributed by atoms with Crippen LogP contribution in [0.15, 0.2) is 77.2 Å². The van der Waals surface area contributed by atoms with Gasteiger partial charge in [0.05, 0.1) is 6.54 Å². The van der Waals surface area contributed by atoms with Crippen molar-refractivity contribution in [2.75, 3.05) is 20.2 Å². The third-order valence-electron chi connectivity index (χ3n) is 5.46. The molecule has 1 aliphatic rings. The van der Waals surface area contributed by atoms with Gasteiger partial charge in [-0.2, -0.15) is 0 Å². The molecule has 5 rings (SSSR count). The minimum Gasteiger partial charge on any atom is -0.486 e. The Labute approximate surface area is 191 Å². The van der Waals surface area contributed by atoms with Gasteiger partial charge in [0.25, 0.3) is 5.91 Å². The van der Waals surface area contributed by atoms with Crippen molar-refractivity contribution in [2.24, 2.45) is 0 Å². The van der Waals surface area contributed by atoms with Crippen LogP contribution in [0.1, 0.15) is 15.9 Å². The summed E-state index contributed by atoms with van der Waals surface area (Å²) in [6, 6.07) is 22.6. The molecule has 166 valence electrons. The Hall–Kier alpha value is -4.13. The highest BCUT2D eigenvalue weighted by Crippen LogP contribution is 2.31. The Morgan fingerprint density at radius 3 is 2.42 bits per heavy atom. The van der Waals surface area contributed by atoms with E-state index in [0.29, 0.717) is 36.2 Å². The molecule has 4 aromatic rings. The Kier molecular flexibility index (Phi) is 5.52. The van der Waals surface area contributed by atoms with Crippen molar-refractivity contribution in [3.05, 3.63) is 83.9 Å². The molecule has 0 saturated carbocycles. The fourth-order valence-electron chi connectivity index (χ4n) is 3.75. The van der Waals surface area contributed by atoms with E-state index in [1.54, 1.807) is 24.1 Å². The van der Waals surface area contributed by atoms with Crippen LogP contribution in [0.5, 0.6) is 11.5 Å². The third-order valence-corrected chi connectivity index (χ3v) is 5.46. The number of amides is 1. The van der Waals surface area contributed by atoms with Gasteiger partial charge in [-0.3, -0.25) is 4.79 Å². The number of hydrogen-bond donors (Lipinski definition) is 0. The highest BCUT2D eigenvalue weighted by molar-refractivity contribution is 5.94. The average molecular weight is 441 g/mol. The van der Waals surface area contributed by atoms with Crippen molar-refractivity contribution in [3.63, 3.8) is 0 Å². The molecular weight excluding hydrogens is 418 g/mol. The van der Waals surface area contributed by atoms with Crippen LogP contribution < -0.4 is 9.47 Å². The lowest BCUT2D eigenvalue weighted by Gasteiger charge is -2.29. The van der Waals surface area contributed by atoms with Crippen LogP contribution in [0.2, 0.25) is 0 Å². The van der Waals surface area contributed by atoms with Gasteiger partial charge in [0.1, 0.15) is 6.61 Å². The molecule has 1 aromatic heterocycles. The molecule has 1 atom stereocenters. The summed E-state index contributed by atoms with van der Waals surface area (Å²) in [6.07, 6.45) is -0.230. The second kappa shape index (κ2) is 8.78. The van der Waals surface area contributed by atoms with E-state index in [-0.39, 0.29) is 12.0 Å². The van der Waals surface area contributed by atoms with E-state index >= 15 is 0 Å². The summed E-state index contributed by atoms with van der Waals surface area (Å²) in [5.41, 5.74) is 3.31. The number of ether oxygens (including phenoxy) is 2. The maximum Gasteiger partial charge on any atom is 0.253 e. The largest absolute Gasteiger partial charge is 0.486 e. The molecular formula is C26H23N3O4. The predicted molar refractivity (Wildman–Crippen MR) is 123 cm³/mol. The van der Waals surface area contributed by atoms with Crippen molar-refractivity contribution in [1.29, 1.82) is 0 Å². The van der Waals surface area contributed by atoms with Gasteiger partial charge in [0.2, 0.25) is 11.8 Å². The molecule has 7 heteroatoms. The van der Waals surface area contributed by atoms with E-state index < -0.39 is 0 Å². The average Bonchev–Trinajstić information content (AvgIpc) is 3.34. The summed E-state index contributed by atoms with van der Waals surface area (Å²) >= 11 is 0. The third kappa shape index (κ3) is 4.43. The number of rotatable bonds is 5. The Balaban J connectivity index is 1.24. The van der Waals surface area contributed by atoms with Crippen LogP contribution in [0.3, 0.4) is 0 Å². The molecule has 33 heavy (non-hydrogen) atoms. The second-order valence-electron chi connectivity index (χ2n) is 8.04. The SMILES string of the molecule is Cc1cccc(-c2nnc(-c3ccc(C(=O)N(C)C[C@@H]4COc5ccccc5O4)cc3)o2)c1. The van der Waals surface area contributed by atoms with Gasteiger partial charge in [-0.05, 0) is 55.5 Å². The molecule has 3 aromatic carbocycles. The normalized spacial score (nSPS) is 14.7. The molecule has 0 N–H and O–H groups in total. The van der Waals surface area contributed by atoms with Gasteiger partial charge < -0.3 is 18.8 Å². The number of aryl methyl sites for hydroxylation is 1. The summed E-state index contributed by atoms with van der Waals surface area (Å²) in [5.74, 6) is 2.19. The molecule has 1 amide bonds. The van der Waals surface area contributed by atoms with Crippen LogP contribution in [0, 0.1) is 6.92 Å². The second-order valence-corrected chi connectivity index (χ2v) is 8.04. The lowest BCUT2D eigenvalue weighted by molar-refractivity contribution is 0.0521. The highest BCUT2D eigenvalue weighted by atomic mass is 16.6. The number of para-hydroxylation sites is 2. The van der Waals surface area contributed by atoms with Gasteiger partial charge in [0.15, 0.2) is 17.6 Å². The van der Waals surface area contributed by atoms with Crippen molar-refractivity contribution < 1.29 is 18.7 Å². The summed E-state index contributed by atoms with van der Waals surface area (Å²) in [6.45, 7) is 2.83. The van der Waals surface area contributed by atoms with Crippen molar-refractivity contribution >= 4 is 5.91 Å². The Morgan fingerprint density at radius 1 is 0.939 bits per heavy atom. The molecule has 7 nitrogen and oxygen atoms in total. The Morgan fingerprint density at radius 2 is 1.67 bits per heavy atom. The zero-order chi connectivity index (χ0) is 22.8. The molecule has 0 spiro atoms. The number of fused-ring (bicyclic) bond motifs is 1. The standard InChI is InChI=1S/C26H23N3O4/c1-17-6-5-7-20(14-17)25-28-27-24(33-25)18-10-12-19(13-11-18)26(30)29(2)15-21-16-31-22-8-3-4-9-23(22)32-21/h3-14,21H,15-16H2,1-2H3/t21-/m1/s1. The molecule has 0 aliphatic carbocycles. The minimum atomic E-state index is -0.230. The maximum absolute atomic E-state index is 12.9. The molecule has 0 saturated heterocycles. The number of carbonyl (C=O) groups excluding carboxylic acids is 1. The Bertz CT molecular complexity index is 1280.